The molecule has 1 amide bonds. The zero-order valence-electron chi connectivity index (χ0n) is 23.2. The summed E-state index contributed by atoms with van der Waals surface area (Å²) in [6.07, 6.45) is 8.56. The van der Waals surface area contributed by atoms with Crippen molar-refractivity contribution in [3.63, 3.8) is 0 Å². The fourth-order valence-electron chi connectivity index (χ4n) is 3.64. The molecule has 1 heterocycles. The van der Waals surface area contributed by atoms with E-state index in [2.05, 4.69) is 29.3 Å². The van der Waals surface area contributed by atoms with E-state index in [1.807, 2.05) is 54.7 Å². The van der Waals surface area contributed by atoms with Gasteiger partial charge < -0.3 is 19.5 Å². The van der Waals surface area contributed by atoms with Crippen LogP contribution in [0.1, 0.15) is 58.9 Å². The Bertz CT molecular complexity index is 1280. The van der Waals surface area contributed by atoms with Crippen LogP contribution >= 0.6 is 11.3 Å². The van der Waals surface area contributed by atoms with E-state index in [1.54, 1.807) is 32.1 Å². The third kappa shape index (κ3) is 9.77. The van der Waals surface area contributed by atoms with Gasteiger partial charge in [-0.3, -0.25) is 0 Å². The van der Waals surface area contributed by atoms with Crippen LogP contribution in [0.5, 0.6) is 5.75 Å². The Labute approximate surface area is 234 Å². The van der Waals surface area contributed by atoms with Crippen molar-refractivity contribution >= 4 is 23.4 Å². The Morgan fingerprint density at radius 1 is 1.03 bits per heavy atom. The van der Waals surface area contributed by atoms with E-state index in [4.69, 9.17) is 14.2 Å². The first-order chi connectivity index (χ1) is 18.7. The molecule has 1 N–H and O–H groups in total. The summed E-state index contributed by atoms with van der Waals surface area (Å²) in [5, 5.41) is 3.48. The number of ether oxygens (including phenoxy) is 3. The molecule has 7 nitrogen and oxygen atoms in total. The molecule has 1 aromatic heterocycles. The highest BCUT2D eigenvalue weighted by Gasteiger charge is 2.25. The summed E-state index contributed by atoms with van der Waals surface area (Å²) in [6, 6.07) is 14.7. The number of methoxy groups -OCH3 is 1. The fraction of sp³-hybridized carbons (Fsp3) is 0.387. The Balaban J connectivity index is 1.61. The molecular weight excluding hydrogens is 512 g/mol. The van der Waals surface area contributed by atoms with E-state index < -0.39 is 23.7 Å². The molecule has 1 atom stereocenters. The number of rotatable bonds is 10. The Hall–Kier alpha value is -3.83. The van der Waals surface area contributed by atoms with Crippen molar-refractivity contribution in [1.82, 2.24) is 10.3 Å². The first-order valence-electron chi connectivity index (χ1n) is 13.1. The predicted octanol–water partition coefficient (Wildman–Crippen LogP) is 7.01. The quantitative estimate of drug-likeness (QED) is 0.167. The average molecular weight is 549 g/mol. The van der Waals surface area contributed by atoms with Gasteiger partial charge in [-0.2, -0.15) is 0 Å². The van der Waals surface area contributed by atoms with E-state index in [-0.39, 0.29) is 6.42 Å². The van der Waals surface area contributed by atoms with Gasteiger partial charge in [-0.25, -0.2) is 14.6 Å². The summed E-state index contributed by atoms with van der Waals surface area (Å²) in [7, 11) is 1.29. The third-order valence-electron chi connectivity index (χ3n) is 5.61. The molecule has 8 heteroatoms. The lowest BCUT2D eigenvalue weighted by Crippen LogP contribution is -2.45. The van der Waals surface area contributed by atoms with Crippen LogP contribution in [0.4, 0.5) is 4.79 Å². The molecule has 0 aliphatic heterocycles. The van der Waals surface area contributed by atoms with Gasteiger partial charge in [-0.05, 0) is 62.6 Å². The number of carbonyl (C=O) groups is 2. The van der Waals surface area contributed by atoms with Crippen LogP contribution in [0.2, 0.25) is 0 Å². The van der Waals surface area contributed by atoms with E-state index in [0.717, 1.165) is 39.4 Å². The zero-order valence-corrected chi connectivity index (χ0v) is 24.0. The number of esters is 1. The highest BCUT2D eigenvalue weighted by molar-refractivity contribution is 7.18. The number of hydrogen-bond donors (Lipinski definition) is 1. The lowest BCUT2D eigenvalue weighted by atomic mass is 10.0. The summed E-state index contributed by atoms with van der Waals surface area (Å²) in [5.41, 5.74) is 2.21. The second-order valence-corrected chi connectivity index (χ2v) is 11.0. The second-order valence-electron chi connectivity index (χ2n) is 10.0. The number of carbonyl (C=O) groups excluding carboxylic acids is 2. The van der Waals surface area contributed by atoms with E-state index in [0.29, 0.717) is 5.75 Å². The summed E-state index contributed by atoms with van der Waals surface area (Å²) in [4.78, 5) is 30.1. The molecule has 0 saturated heterocycles. The van der Waals surface area contributed by atoms with Crippen molar-refractivity contribution in [2.75, 3.05) is 7.11 Å². The lowest BCUT2D eigenvalue weighted by molar-refractivity contribution is -0.143. The molecule has 0 spiro atoms. The smallest absolute Gasteiger partial charge is 0.408 e. The summed E-state index contributed by atoms with van der Waals surface area (Å²) in [6.45, 7) is 7.46. The maximum atomic E-state index is 12.2. The minimum atomic E-state index is -0.860. The Morgan fingerprint density at radius 3 is 2.36 bits per heavy atom. The average Bonchev–Trinajstić information content (AvgIpc) is 3.40. The number of amides is 1. The van der Waals surface area contributed by atoms with Crippen LogP contribution in [0, 0.1) is 12.0 Å². The molecule has 0 saturated carbocycles. The summed E-state index contributed by atoms with van der Waals surface area (Å²) in [5.74, 6) is 3.23. The van der Waals surface area contributed by atoms with Crippen molar-refractivity contribution in [3.8, 4) is 38.8 Å². The van der Waals surface area contributed by atoms with E-state index in [1.165, 1.54) is 20.0 Å². The zero-order chi connectivity index (χ0) is 28.3. The van der Waals surface area contributed by atoms with Gasteiger partial charge in [0.05, 0.1) is 12.0 Å². The lowest BCUT2D eigenvalue weighted by Gasteiger charge is -2.22. The fourth-order valence-corrected chi connectivity index (χ4v) is 4.57. The highest BCUT2D eigenvalue weighted by atomic mass is 32.1. The van der Waals surface area contributed by atoms with E-state index >= 15 is 0 Å². The molecule has 39 heavy (non-hydrogen) atoms. The summed E-state index contributed by atoms with van der Waals surface area (Å²) < 4.78 is 15.7. The van der Waals surface area contributed by atoms with Crippen molar-refractivity contribution in [1.29, 1.82) is 0 Å². The molecule has 3 aromatic rings. The number of benzene rings is 2. The van der Waals surface area contributed by atoms with Gasteiger partial charge >= 0.3 is 12.1 Å². The number of alkyl carbamates (subject to hydrolysis) is 1. The van der Waals surface area contributed by atoms with E-state index in [9.17, 15) is 9.59 Å². The normalized spacial score (nSPS) is 11.6. The molecule has 0 fully saturated rings. The third-order valence-corrected chi connectivity index (χ3v) is 6.70. The van der Waals surface area contributed by atoms with Gasteiger partial charge in [0.15, 0.2) is 0 Å². The molecule has 3 rings (SSSR count). The minimum Gasteiger partial charge on any atom is -0.467 e. The topological polar surface area (TPSA) is 86.8 Å². The number of hydrogen-bond acceptors (Lipinski definition) is 7. The number of aromatic nitrogens is 1. The van der Waals surface area contributed by atoms with Gasteiger partial charge in [0.2, 0.25) is 0 Å². The first kappa shape index (κ1) is 29.7. The SMILES string of the molecule is CCCCCC#COc1ccc(-c2cnc(-c3ccc(CC(NC(=O)OC(C)(C)C)C(=O)OC)cc3)s2)cc1. The monoisotopic (exact) mass is 548 g/mol. The second kappa shape index (κ2) is 14.4. The van der Waals surface area contributed by atoms with Gasteiger partial charge in [0.25, 0.3) is 0 Å². The first-order valence-corrected chi connectivity index (χ1v) is 13.9. The largest absolute Gasteiger partial charge is 0.467 e. The molecule has 0 bridgehead atoms. The molecule has 0 aliphatic carbocycles. The van der Waals surface area contributed by atoms with Crippen molar-refractivity contribution in [2.24, 2.45) is 0 Å². The number of thiazole rings is 1. The Morgan fingerprint density at radius 2 is 1.72 bits per heavy atom. The number of unbranched alkanes of at least 4 members (excludes halogenated alkanes) is 3. The molecule has 0 radical (unpaired) electrons. The maximum absolute atomic E-state index is 12.2. The van der Waals surface area contributed by atoms with Crippen molar-refractivity contribution in [3.05, 3.63) is 60.3 Å². The van der Waals surface area contributed by atoms with Crippen LogP contribution in [0.3, 0.4) is 0 Å². The standard InChI is InChI=1S/C31H36N2O5S/c1-6-7-8-9-10-19-37-25-17-15-23(16-18-25)27-21-32-28(39-27)24-13-11-22(12-14-24)20-26(29(34)36-5)33-30(35)38-31(2,3)4/h11-18,21,26H,6-9,20H2,1-5H3,(H,33,35). The molecular formula is C31H36N2O5S. The van der Waals surface area contributed by atoms with Crippen molar-refractivity contribution in [2.45, 2.75) is 71.4 Å². The van der Waals surface area contributed by atoms with Gasteiger partial charge in [0, 0.05) is 24.6 Å². The molecule has 2 aromatic carbocycles. The highest BCUT2D eigenvalue weighted by Crippen LogP contribution is 2.33. The van der Waals surface area contributed by atoms with Gasteiger partial charge in [-0.1, -0.05) is 50.0 Å². The number of nitrogens with zero attached hydrogens (tertiary/aromatic N) is 1. The Kier molecular flexibility index (Phi) is 10.9. The van der Waals surface area contributed by atoms with Crippen LogP contribution < -0.4 is 10.1 Å². The van der Waals surface area contributed by atoms with Crippen LogP contribution in [0.15, 0.2) is 54.7 Å². The van der Waals surface area contributed by atoms with Crippen LogP contribution in [-0.2, 0) is 20.7 Å². The van der Waals surface area contributed by atoms with Crippen LogP contribution in [0.25, 0.3) is 21.0 Å². The van der Waals surface area contributed by atoms with Crippen LogP contribution in [-0.4, -0.2) is 35.8 Å². The predicted molar refractivity (Wildman–Crippen MR) is 154 cm³/mol. The molecule has 0 aliphatic rings. The summed E-state index contributed by atoms with van der Waals surface area (Å²) >= 11 is 1.59. The van der Waals surface area contributed by atoms with Gasteiger partial charge in [-0.15, -0.1) is 11.3 Å². The maximum Gasteiger partial charge on any atom is 0.408 e. The molecule has 1 unspecified atom stereocenters. The minimum absolute atomic E-state index is 0.271. The molecule has 206 valence electrons. The van der Waals surface area contributed by atoms with Gasteiger partial charge in [0.1, 0.15) is 28.5 Å². The number of nitrogens with one attached hydrogen (secondary N) is 1. The van der Waals surface area contributed by atoms with Crippen molar-refractivity contribution < 1.29 is 23.8 Å².